The smallest absolute Gasteiger partial charge is 0.184 e. The van der Waals surface area contributed by atoms with Crippen LogP contribution in [0.25, 0.3) is 0 Å². The Morgan fingerprint density at radius 3 is 2.68 bits per heavy atom. The van der Waals surface area contributed by atoms with Gasteiger partial charge in [-0.15, -0.1) is 0 Å². The lowest BCUT2D eigenvalue weighted by Crippen LogP contribution is -2.63. The van der Waals surface area contributed by atoms with E-state index in [1.165, 1.54) is 0 Å². The maximum absolute atomic E-state index is 10.2. The SMILES string of the molecule is C[C@]1(O)CO[C@@H]2CO[C@@H](c3ccccc3)OC2[C@@H]1O. The lowest BCUT2D eigenvalue weighted by molar-refractivity contribution is -0.329. The van der Waals surface area contributed by atoms with Crippen LogP contribution < -0.4 is 0 Å². The zero-order valence-corrected chi connectivity index (χ0v) is 10.7. The average molecular weight is 266 g/mol. The highest BCUT2D eigenvalue weighted by atomic mass is 16.7. The molecule has 0 radical (unpaired) electrons. The van der Waals surface area contributed by atoms with Gasteiger partial charge in [0, 0.05) is 5.56 Å². The number of hydrogen-bond donors (Lipinski definition) is 2. The van der Waals surface area contributed by atoms with Crippen molar-refractivity contribution in [1.82, 2.24) is 0 Å². The van der Waals surface area contributed by atoms with Gasteiger partial charge in [-0.05, 0) is 6.92 Å². The number of benzene rings is 1. The molecule has 104 valence electrons. The van der Waals surface area contributed by atoms with Crippen LogP contribution in [0.5, 0.6) is 0 Å². The van der Waals surface area contributed by atoms with Crippen LogP contribution in [0, 0.1) is 0 Å². The first kappa shape index (κ1) is 13.0. The predicted octanol–water partition coefficient (Wildman–Crippen LogP) is 0.611. The molecular formula is C14H18O5. The first-order valence-corrected chi connectivity index (χ1v) is 6.42. The van der Waals surface area contributed by atoms with Gasteiger partial charge in [0.15, 0.2) is 6.29 Å². The van der Waals surface area contributed by atoms with Crippen LogP contribution in [0.3, 0.4) is 0 Å². The van der Waals surface area contributed by atoms with E-state index >= 15 is 0 Å². The molecule has 19 heavy (non-hydrogen) atoms. The molecule has 0 saturated carbocycles. The molecule has 5 atom stereocenters. The molecule has 3 rings (SSSR count). The topological polar surface area (TPSA) is 68.2 Å². The Hall–Kier alpha value is -0.980. The van der Waals surface area contributed by atoms with Crippen LogP contribution in [0.2, 0.25) is 0 Å². The van der Waals surface area contributed by atoms with Gasteiger partial charge < -0.3 is 24.4 Å². The number of fused-ring (bicyclic) bond motifs is 1. The summed E-state index contributed by atoms with van der Waals surface area (Å²) in [6.45, 7) is 1.97. The Kier molecular flexibility index (Phi) is 3.32. The van der Waals surface area contributed by atoms with Crippen LogP contribution >= 0.6 is 0 Å². The summed E-state index contributed by atoms with van der Waals surface area (Å²) in [4.78, 5) is 0. The third-order valence-electron chi connectivity index (χ3n) is 3.67. The first-order chi connectivity index (χ1) is 9.08. The highest BCUT2D eigenvalue weighted by Crippen LogP contribution is 2.34. The monoisotopic (exact) mass is 266 g/mol. The van der Waals surface area contributed by atoms with Crippen molar-refractivity contribution < 1.29 is 24.4 Å². The average Bonchev–Trinajstić information content (AvgIpc) is 2.44. The molecule has 2 aliphatic heterocycles. The van der Waals surface area contributed by atoms with Crippen molar-refractivity contribution in [3.05, 3.63) is 35.9 Å². The maximum Gasteiger partial charge on any atom is 0.184 e. The number of aliphatic hydroxyl groups is 2. The molecule has 5 heteroatoms. The standard InChI is InChI=1S/C14H18O5/c1-14(16)8-18-10-7-17-13(19-11(10)12(14)15)9-5-3-2-4-6-9/h2-6,10-13,15-16H,7-8H2,1H3/t10-,11?,12+,13-,14+/m1/s1. The van der Waals surface area contributed by atoms with E-state index in [0.29, 0.717) is 6.61 Å². The number of rotatable bonds is 1. The van der Waals surface area contributed by atoms with Crippen molar-refractivity contribution >= 4 is 0 Å². The maximum atomic E-state index is 10.2. The van der Waals surface area contributed by atoms with Crippen LogP contribution in [0.1, 0.15) is 18.8 Å². The van der Waals surface area contributed by atoms with Crippen molar-refractivity contribution in [1.29, 1.82) is 0 Å². The second-order valence-electron chi connectivity index (χ2n) is 5.33. The van der Waals surface area contributed by atoms with Crippen LogP contribution in [-0.4, -0.2) is 47.3 Å². The summed E-state index contributed by atoms with van der Waals surface area (Å²) in [7, 11) is 0. The quantitative estimate of drug-likeness (QED) is 0.779. The molecule has 0 aromatic heterocycles. The first-order valence-electron chi connectivity index (χ1n) is 6.42. The van der Waals surface area contributed by atoms with Gasteiger partial charge in [-0.1, -0.05) is 30.3 Å². The summed E-state index contributed by atoms with van der Waals surface area (Å²) < 4.78 is 16.9. The number of aliphatic hydroxyl groups excluding tert-OH is 1. The van der Waals surface area contributed by atoms with E-state index < -0.39 is 24.1 Å². The van der Waals surface area contributed by atoms with Crippen LogP contribution in [0.4, 0.5) is 0 Å². The fourth-order valence-corrected chi connectivity index (χ4v) is 2.47. The van der Waals surface area contributed by atoms with Crippen molar-refractivity contribution in [2.45, 2.75) is 37.1 Å². The molecule has 0 bridgehead atoms. The van der Waals surface area contributed by atoms with Crippen LogP contribution in [-0.2, 0) is 14.2 Å². The molecular weight excluding hydrogens is 248 g/mol. The highest BCUT2D eigenvalue weighted by Gasteiger charge is 2.49. The Bertz CT molecular complexity index is 433. The van der Waals surface area contributed by atoms with E-state index in [-0.39, 0.29) is 12.7 Å². The van der Waals surface area contributed by atoms with Gasteiger partial charge in [0.05, 0.1) is 13.2 Å². The summed E-state index contributed by atoms with van der Waals surface area (Å²) in [5.74, 6) is 0. The van der Waals surface area contributed by atoms with E-state index in [1.54, 1.807) is 6.92 Å². The molecule has 2 aliphatic rings. The van der Waals surface area contributed by atoms with Crippen LogP contribution in [0.15, 0.2) is 30.3 Å². The summed E-state index contributed by atoms with van der Waals surface area (Å²) >= 11 is 0. The lowest BCUT2D eigenvalue weighted by Gasteiger charge is -2.47. The Morgan fingerprint density at radius 2 is 1.95 bits per heavy atom. The molecule has 0 amide bonds. The molecule has 0 aliphatic carbocycles. The zero-order valence-electron chi connectivity index (χ0n) is 10.7. The van der Waals surface area contributed by atoms with E-state index in [4.69, 9.17) is 14.2 Å². The van der Waals surface area contributed by atoms with E-state index in [2.05, 4.69) is 0 Å². The minimum absolute atomic E-state index is 0.0814. The normalized spacial score (nSPS) is 42.7. The number of ether oxygens (including phenoxy) is 3. The third-order valence-corrected chi connectivity index (χ3v) is 3.67. The Balaban J connectivity index is 1.77. The lowest BCUT2D eigenvalue weighted by atomic mass is 9.89. The van der Waals surface area contributed by atoms with Gasteiger partial charge >= 0.3 is 0 Å². The summed E-state index contributed by atoms with van der Waals surface area (Å²) in [5, 5.41) is 20.2. The molecule has 1 aromatic carbocycles. The Morgan fingerprint density at radius 1 is 1.21 bits per heavy atom. The molecule has 2 heterocycles. The molecule has 2 fully saturated rings. The van der Waals surface area contributed by atoms with E-state index in [1.807, 2.05) is 30.3 Å². The summed E-state index contributed by atoms with van der Waals surface area (Å²) in [6, 6.07) is 9.52. The summed E-state index contributed by atoms with van der Waals surface area (Å²) in [5.41, 5.74) is -0.405. The van der Waals surface area contributed by atoms with E-state index in [9.17, 15) is 10.2 Å². The minimum Gasteiger partial charge on any atom is -0.387 e. The summed E-state index contributed by atoms with van der Waals surface area (Å²) in [6.07, 6.45) is -2.44. The molecule has 0 spiro atoms. The second-order valence-corrected chi connectivity index (χ2v) is 5.33. The fraction of sp³-hybridized carbons (Fsp3) is 0.571. The fourth-order valence-electron chi connectivity index (χ4n) is 2.47. The largest absolute Gasteiger partial charge is 0.387 e. The van der Waals surface area contributed by atoms with E-state index in [0.717, 1.165) is 5.56 Å². The number of hydrogen-bond acceptors (Lipinski definition) is 5. The molecule has 1 aromatic rings. The second kappa shape index (κ2) is 4.85. The van der Waals surface area contributed by atoms with Crippen molar-refractivity contribution in [2.75, 3.05) is 13.2 Å². The van der Waals surface area contributed by atoms with Gasteiger partial charge in [-0.25, -0.2) is 0 Å². The molecule has 5 nitrogen and oxygen atoms in total. The third kappa shape index (κ3) is 2.40. The Labute approximate surface area is 111 Å². The van der Waals surface area contributed by atoms with Gasteiger partial charge in [-0.3, -0.25) is 0 Å². The van der Waals surface area contributed by atoms with Gasteiger partial charge in [0.2, 0.25) is 0 Å². The predicted molar refractivity (Wildman–Crippen MR) is 66.4 cm³/mol. The van der Waals surface area contributed by atoms with Gasteiger partial charge in [0.1, 0.15) is 23.9 Å². The van der Waals surface area contributed by atoms with Crippen molar-refractivity contribution in [2.24, 2.45) is 0 Å². The minimum atomic E-state index is -1.29. The van der Waals surface area contributed by atoms with Gasteiger partial charge in [0.25, 0.3) is 0 Å². The van der Waals surface area contributed by atoms with Crippen molar-refractivity contribution in [3.8, 4) is 0 Å². The molecule has 1 unspecified atom stereocenters. The zero-order chi connectivity index (χ0) is 13.5. The molecule has 2 N–H and O–H groups in total. The van der Waals surface area contributed by atoms with Gasteiger partial charge in [-0.2, -0.15) is 0 Å². The van der Waals surface area contributed by atoms with Crippen molar-refractivity contribution in [3.63, 3.8) is 0 Å². The highest BCUT2D eigenvalue weighted by molar-refractivity contribution is 5.16. The molecule has 2 saturated heterocycles.